The van der Waals surface area contributed by atoms with Gasteiger partial charge in [0.15, 0.2) is 9.84 Å². The van der Waals surface area contributed by atoms with E-state index in [1.165, 1.54) is 24.3 Å². The maximum absolute atomic E-state index is 13.2. The fraction of sp³-hybridized carbons (Fsp3) is 0.105. The number of hydrogen-bond donors (Lipinski definition) is 0. The Morgan fingerprint density at radius 3 is 2.00 bits per heavy atom. The molecule has 0 saturated heterocycles. The number of benzene rings is 2. The lowest BCUT2D eigenvalue weighted by atomic mass is 9.98. The van der Waals surface area contributed by atoms with Crippen LogP contribution in [0, 0.1) is 0 Å². The van der Waals surface area contributed by atoms with Gasteiger partial charge in [-0.25, -0.2) is 8.42 Å². The number of hydrogen-bond acceptors (Lipinski definition) is 3. The van der Waals surface area contributed by atoms with E-state index in [4.69, 9.17) is 11.6 Å². The first-order valence-corrected chi connectivity index (χ1v) is 9.96. The predicted octanol–water partition coefficient (Wildman–Crippen LogP) is 5.49. The van der Waals surface area contributed by atoms with E-state index in [-0.39, 0.29) is 10.5 Å². The van der Waals surface area contributed by atoms with E-state index in [1.54, 1.807) is 24.3 Å². The molecule has 0 spiro atoms. The lowest BCUT2D eigenvalue weighted by Crippen LogP contribution is -2.06. The Bertz CT molecular complexity index is 1080. The van der Waals surface area contributed by atoms with E-state index in [0.29, 0.717) is 21.8 Å². The summed E-state index contributed by atoms with van der Waals surface area (Å²) in [4.78, 5) is 4.09. The number of alkyl halides is 3. The second-order valence-corrected chi connectivity index (χ2v) is 8.37. The molecule has 2 aromatic carbocycles. The highest BCUT2D eigenvalue weighted by molar-refractivity contribution is 7.90. The molecular formula is C19H13ClF3NO2S. The third kappa shape index (κ3) is 4.31. The van der Waals surface area contributed by atoms with Crippen LogP contribution in [0.15, 0.2) is 65.7 Å². The van der Waals surface area contributed by atoms with Crippen molar-refractivity contribution in [1.82, 2.24) is 4.98 Å². The highest BCUT2D eigenvalue weighted by atomic mass is 35.5. The summed E-state index contributed by atoms with van der Waals surface area (Å²) in [6.07, 6.45) is -2.71. The van der Waals surface area contributed by atoms with Gasteiger partial charge in [0.1, 0.15) is 0 Å². The first-order chi connectivity index (χ1) is 12.6. The standard InChI is InChI=1S/C19H13ClF3NO2S/c1-27(25,26)16-8-4-12(5-9-16)17-10-14(19(21,22)23)11-24-18(17)13-2-6-15(20)7-3-13/h2-11H,1H3. The molecule has 3 nitrogen and oxygen atoms in total. The van der Waals surface area contributed by atoms with Gasteiger partial charge >= 0.3 is 6.18 Å². The van der Waals surface area contributed by atoms with Crippen molar-refractivity contribution in [1.29, 1.82) is 0 Å². The van der Waals surface area contributed by atoms with E-state index >= 15 is 0 Å². The molecule has 0 N–H and O–H groups in total. The Balaban J connectivity index is 2.20. The molecule has 8 heteroatoms. The van der Waals surface area contributed by atoms with E-state index in [0.717, 1.165) is 18.5 Å². The topological polar surface area (TPSA) is 47.0 Å². The molecule has 0 aliphatic rings. The zero-order valence-corrected chi connectivity index (χ0v) is 15.5. The first kappa shape index (κ1) is 19.4. The number of aromatic nitrogens is 1. The average molecular weight is 412 g/mol. The minimum Gasteiger partial charge on any atom is -0.255 e. The SMILES string of the molecule is CS(=O)(=O)c1ccc(-c2cc(C(F)(F)F)cnc2-c2ccc(Cl)cc2)cc1. The number of halogens is 4. The van der Waals surface area contributed by atoms with Crippen molar-refractivity contribution in [3.63, 3.8) is 0 Å². The smallest absolute Gasteiger partial charge is 0.255 e. The number of sulfone groups is 1. The quantitative estimate of drug-likeness (QED) is 0.572. The van der Waals surface area contributed by atoms with Crippen LogP contribution in [-0.4, -0.2) is 19.7 Å². The van der Waals surface area contributed by atoms with Crippen molar-refractivity contribution in [3.8, 4) is 22.4 Å². The summed E-state index contributed by atoms with van der Waals surface area (Å²) in [5.41, 5.74) is 0.711. The van der Waals surface area contributed by atoms with Crippen molar-refractivity contribution in [2.75, 3.05) is 6.26 Å². The van der Waals surface area contributed by atoms with Crippen LogP contribution in [0.25, 0.3) is 22.4 Å². The van der Waals surface area contributed by atoms with Crippen LogP contribution in [0.3, 0.4) is 0 Å². The fourth-order valence-corrected chi connectivity index (χ4v) is 3.32. The molecule has 3 rings (SSSR count). The zero-order chi connectivity index (χ0) is 19.8. The lowest BCUT2D eigenvalue weighted by Gasteiger charge is -2.14. The van der Waals surface area contributed by atoms with Gasteiger partial charge in [0.25, 0.3) is 0 Å². The van der Waals surface area contributed by atoms with E-state index in [9.17, 15) is 21.6 Å². The third-order valence-corrected chi connectivity index (χ3v) is 5.31. The molecule has 1 aromatic heterocycles. The van der Waals surface area contributed by atoms with Gasteiger partial charge in [0.05, 0.1) is 16.2 Å². The van der Waals surface area contributed by atoms with Gasteiger partial charge in [-0.05, 0) is 35.9 Å². The molecule has 0 aliphatic heterocycles. The third-order valence-electron chi connectivity index (χ3n) is 3.93. The Hall–Kier alpha value is -2.38. The number of rotatable bonds is 3. The normalized spacial score (nSPS) is 12.2. The number of nitrogens with zero attached hydrogens (tertiary/aromatic N) is 1. The number of pyridine rings is 1. The Morgan fingerprint density at radius 2 is 1.48 bits per heavy atom. The van der Waals surface area contributed by atoms with Crippen molar-refractivity contribution in [3.05, 3.63) is 71.4 Å². The molecule has 0 atom stereocenters. The lowest BCUT2D eigenvalue weighted by molar-refractivity contribution is -0.137. The summed E-state index contributed by atoms with van der Waals surface area (Å²) >= 11 is 5.88. The monoisotopic (exact) mass is 411 g/mol. The maximum atomic E-state index is 13.2. The molecule has 3 aromatic rings. The molecular weight excluding hydrogens is 399 g/mol. The average Bonchev–Trinajstić information content (AvgIpc) is 2.60. The Labute approximate surface area is 159 Å². The van der Waals surface area contributed by atoms with E-state index in [2.05, 4.69) is 4.98 Å². The summed E-state index contributed by atoms with van der Waals surface area (Å²) in [7, 11) is -3.41. The Morgan fingerprint density at radius 1 is 0.926 bits per heavy atom. The highest BCUT2D eigenvalue weighted by Crippen LogP contribution is 2.37. The molecule has 0 aliphatic carbocycles. The van der Waals surface area contributed by atoms with Crippen molar-refractivity contribution in [2.45, 2.75) is 11.1 Å². The van der Waals surface area contributed by atoms with Crippen LogP contribution in [-0.2, 0) is 16.0 Å². The van der Waals surface area contributed by atoms with Crippen molar-refractivity contribution in [2.24, 2.45) is 0 Å². The second-order valence-electron chi connectivity index (χ2n) is 5.92. The Kier molecular flexibility index (Phi) is 5.01. The summed E-state index contributed by atoms with van der Waals surface area (Å²) in [6.45, 7) is 0. The molecule has 0 fully saturated rings. The van der Waals surface area contributed by atoms with E-state index in [1.807, 2.05) is 0 Å². The summed E-state index contributed by atoms with van der Waals surface area (Å²) in [5, 5.41) is 0.490. The van der Waals surface area contributed by atoms with Crippen molar-refractivity contribution < 1.29 is 21.6 Å². The van der Waals surface area contributed by atoms with Gasteiger partial charge in [0.2, 0.25) is 0 Å². The second kappa shape index (κ2) is 6.98. The van der Waals surface area contributed by atoms with E-state index < -0.39 is 21.6 Å². The largest absolute Gasteiger partial charge is 0.417 e. The molecule has 0 saturated carbocycles. The first-order valence-electron chi connectivity index (χ1n) is 7.69. The van der Waals surface area contributed by atoms with Crippen LogP contribution in [0.4, 0.5) is 13.2 Å². The van der Waals surface area contributed by atoms with Gasteiger partial charge in [0, 0.05) is 28.6 Å². The molecule has 0 unspecified atom stereocenters. The van der Waals surface area contributed by atoms with Gasteiger partial charge in [-0.3, -0.25) is 4.98 Å². The van der Waals surface area contributed by atoms with Gasteiger partial charge < -0.3 is 0 Å². The fourth-order valence-electron chi connectivity index (χ4n) is 2.56. The minimum atomic E-state index is -4.55. The molecule has 27 heavy (non-hydrogen) atoms. The van der Waals surface area contributed by atoms with Crippen molar-refractivity contribution >= 4 is 21.4 Å². The molecule has 0 amide bonds. The molecule has 0 radical (unpaired) electrons. The molecule has 1 heterocycles. The van der Waals surface area contributed by atoms with Crippen LogP contribution in [0.1, 0.15) is 5.56 Å². The predicted molar refractivity (Wildman–Crippen MR) is 98.2 cm³/mol. The summed E-state index contributed by atoms with van der Waals surface area (Å²) < 4.78 is 62.7. The zero-order valence-electron chi connectivity index (χ0n) is 14.0. The summed E-state index contributed by atoms with van der Waals surface area (Å²) in [5.74, 6) is 0. The van der Waals surface area contributed by atoms with Crippen LogP contribution in [0.5, 0.6) is 0 Å². The maximum Gasteiger partial charge on any atom is 0.417 e. The summed E-state index contributed by atoms with van der Waals surface area (Å²) in [6, 6.07) is 13.2. The molecule has 140 valence electrons. The molecule has 0 bridgehead atoms. The van der Waals surface area contributed by atoms with Gasteiger partial charge in [-0.2, -0.15) is 13.2 Å². The van der Waals surface area contributed by atoms with Gasteiger partial charge in [-0.1, -0.05) is 35.9 Å². The van der Waals surface area contributed by atoms with Crippen LogP contribution < -0.4 is 0 Å². The van der Waals surface area contributed by atoms with Crippen LogP contribution in [0.2, 0.25) is 5.02 Å². The van der Waals surface area contributed by atoms with Gasteiger partial charge in [-0.15, -0.1) is 0 Å². The highest BCUT2D eigenvalue weighted by Gasteiger charge is 2.32. The minimum absolute atomic E-state index is 0.0826. The van der Waals surface area contributed by atoms with Crippen LogP contribution >= 0.6 is 11.6 Å².